The van der Waals surface area contributed by atoms with Crippen molar-refractivity contribution < 1.29 is 47.6 Å². The third-order valence-electron chi connectivity index (χ3n) is 3.77. The average Bonchev–Trinajstić information content (AvgIpc) is 2.55. The molecule has 0 fully saturated rings. The minimum Gasteiger partial charge on any atom is -0.748 e. The summed E-state index contributed by atoms with van der Waals surface area (Å²) in [6.07, 6.45) is 11.6. The van der Waals surface area contributed by atoms with Crippen molar-refractivity contribution in [3.05, 3.63) is 0 Å². The molecule has 0 aromatic rings. The van der Waals surface area contributed by atoms with E-state index in [9.17, 15) is 18.1 Å². The van der Waals surface area contributed by atoms with Crippen LogP contribution in [0.5, 0.6) is 0 Å². The molecule has 0 aromatic carbocycles. The van der Waals surface area contributed by atoms with E-state index in [1.165, 1.54) is 6.42 Å². The van der Waals surface area contributed by atoms with Crippen LogP contribution in [-0.4, -0.2) is 29.9 Å². The fourth-order valence-corrected chi connectivity index (χ4v) is 2.84. The van der Waals surface area contributed by atoms with Crippen LogP contribution in [0.2, 0.25) is 0 Å². The van der Waals surface area contributed by atoms with Gasteiger partial charge in [0.1, 0.15) is 6.10 Å². The van der Waals surface area contributed by atoms with Gasteiger partial charge in [-0.05, 0) is 32.1 Å². The number of hydrogen-bond acceptors (Lipinski definition) is 4. The summed E-state index contributed by atoms with van der Waals surface area (Å²) in [6.45, 7) is 2.11. The fourth-order valence-electron chi connectivity index (χ4n) is 2.29. The van der Waals surface area contributed by atoms with Crippen LogP contribution in [0.1, 0.15) is 90.4 Å². The summed E-state index contributed by atoms with van der Waals surface area (Å²) < 4.78 is 31.2. The Morgan fingerprint density at radius 3 is 1.88 bits per heavy atom. The van der Waals surface area contributed by atoms with Crippen molar-refractivity contribution >= 4 is 10.1 Å². The van der Waals surface area contributed by atoms with Gasteiger partial charge in [0.05, 0.1) is 10.1 Å². The molecule has 4 nitrogen and oxygen atoms in total. The smallest absolute Gasteiger partial charge is 0.748 e. The Morgan fingerprint density at radius 1 is 0.846 bits per heavy atom. The molecule has 0 bridgehead atoms. The van der Waals surface area contributed by atoms with Gasteiger partial charge in [0, 0.05) is 25.0 Å². The van der Waals surface area contributed by atoms with Gasteiger partial charge in [-0.1, -0.05) is 44.9 Å². The molecule has 0 aliphatic carbocycles. The van der Waals surface area contributed by atoms with Gasteiger partial charge in [0.2, 0.25) is 0 Å². The van der Waals surface area contributed by atoms with E-state index in [1.54, 1.807) is 0 Å². The first-order valence-corrected chi connectivity index (χ1v) is 11.1. The minimum absolute atomic E-state index is 0. The molecule has 0 amide bonds. The van der Waals surface area contributed by atoms with E-state index in [2.05, 4.69) is 30.6 Å². The van der Waals surface area contributed by atoms with E-state index >= 15 is 0 Å². The second kappa shape index (κ2) is 19.7. The van der Waals surface area contributed by atoms with Gasteiger partial charge in [0.15, 0.2) is 0 Å². The third kappa shape index (κ3) is 24.0. The van der Waals surface area contributed by atoms with Crippen LogP contribution in [0.3, 0.4) is 0 Å². The van der Waals surface area contributed by atoms with Crippen LogP contribution < -0.4 is 29.6 Å². The second-order valence-corrected chi connectivity index (χ2v) is 7.84. The zero-order valence-corrected chi connectivity index (χ0v) is 19.4. The average molecular weight is 393 g/mol. The molecule has 1 N–H and O–H groups in total. The monoisotopic (exact) mass is 392 g/mol. The van der Waals surface area contributed by atoms with Gasteiger partial charge >= 0.3 is 29.6 Å². The molecular formula is C20H33NaO4S. The molecule has 0 aliphatic heterocycles. The summed E-state index contributed by atoms with van der Waals surface area (Å²) in [6, 6.07) is 0. The molecule has 144 valence electrons. The Hall–Kier alpha value is -0.0100. The second-order valence-electron chi connectivity index (χ2n) is 6.32. The molecule has 1 atom stereocenters. The first-order valence-electron chi connectivity index (χ1n) is 9.51. The summed E-state index contributed by atoms with van der Waals surface area (Å²) in [5.41, 5.74) is 0. The summed E-state index contributed by atoms with van der Waals surface area (Å²) >= 11 is 0. The predicted octanol–water partition coefficient (Wildman–Crippen LogP) is 0.995. The van der Waals surface area contributed by atoms with E-state index in [4.69, 9.17) is 0 Å². The molecule has 0 aromatic heterocycles. The normalized spacial score (nSPS) is 11.5. The van der Waals surface area contributed by atoms with Crippen LogP contribution in [-0.2, 0) is 10.1 Å². The minimum atomic E-state index is -4.07. The van der Waals surface area contributed by atoms with Crippen LogP contribution in [0.25, 0.3) is 0 Å². The largest absolute Gasteiger partial charge is 1.00 e. The summed E-state index contributed by atoms with van der Waals surface area (Å²) in [4.78, 5) is 0. The van der Waals surface area contributed by atoms with Crippen molar-refractivity contribution in [3.63, 3.8) is 0 Å². The van der Waals surface area contributed by atoms with Gasteiger partial charge in [-0.25, -0.2) is 8.42 Å². The van der Waals surface area contributed by atoms with Crippen molar-refractivity contribution in [1.29, 1.82) is 0 Å². The van der Waals surface area contributed by atoms with Crippen LogP contribution in [0.4, 0.5) is 0 Å². The van der Waals surface area contributed by atoms with Gasteiger partial charge in [-0.3, -0.25) is 0 Å². The summed E-state index contributed by atoms with van der Waals surface area (Å²) in [5.74, 6) is 11.8. The maximum absolute atomic E-state index is 10.4. The van der Waals surface area contributed by atoms with Gasteiger partial charge < -0.3 is 9.66 Å². The Kier molecular flexibility index (Phi) is 21.4. The zero-order chi connectivity index (χ0) is 18.8. The molecular weight excluding hydrogens is 359 g/mol. The van der Waals surface area contributed by atoms with Crippen molar-refractivity contribution in [2.45, 2.75) is 96.5 Å². The van der Waals surface area contributed by atoms with Crippen molar-refractivity contribution in [2.24, 2.45) is 0 Å². The molecule has 0 saturated heterocycles. The first-order chi connectivity index (χ1) is 12.0. The SMILES string of the molecule is CCCC[C@@H](O)C#CCCCCCCCC#CCCCCS(=O)(=O)[O-].[Na+]. The molecule has 26 heavy (non-hydrogen) atoms. The van der Waals surface area contributed by atoms with Gasteiger partial charge in [-0.15, -0.1) is 17.8 Å². The first kappa shape index (κ1) is 28.2. The number of hydrogen-bond donors (Lipinski definition) is 1. The molecule has 0 aliphatic rings. The fraction of sp³-hybridized carbons (Fsp3) is 0.800. The van der Waals surface area contributed by atoms with Crippen molar-refractivity contribution in [1.82, 2.24) is 0 Å². The molecule has 0 heterocycles. The maximum Gasteiger partial charge on any atom is 1.00 e. The van der Waals surface area contributed by atoms with E-state index in [0.29, 0.717) is 19.3 Å². The van der Waals surface area contributed by atoms with Crippen LogP contribution in [0, 0.1) is 23.7 Å². The Balaban J connectivity index is 0. The summed E-state index contributed by atoms with van der Waals surface area (Å²) in [5, 5.41) is 9.58. The number of aliphatic hydroxyl groups excluding tert-OH is 1. The molecule has 0 spiro atoms. The van der Waals surface area contributed by atoms with E-state index in [1.807, 2.05) is 0 Å². The van der Waals surface area contributed by atoms with E-state index < -0.39 is 16.2 Å². The molecule has 0 unspecified atom stereocenters. The van der Waals surface area contributed by atoms with E-state index in [0.717, 1.165) is 57.8 Å². The van der Waals surface area contributed by atoms with Crippen LogP contribution >= 0.6 is 0 Å². The molecule has 0 rings (SSSR count). The van der Waals surface area contributed by atoms with Gasteiger partial charge in [-0.2, -0.15) is 0 Å². The standard InChI is InChI=1S/C20H34O4S.Na/c1-2-3-17-20(21)18-15-13-11-9-7-5-4-6-8-10-12-14-16-19-25(22,23)24;/h20-21H,2-7,9,11-14,16-17,19H2,1H3,(H,22,23,24);/q;+1/p-1/t20-;/m1./s1. The Labute approximate surface area is 183 Å². The number of rotatable bonds is 13. The van der Waals surface area contributed by atoms with Crippen molar-refractivity contribution in [2.75, 3.05) is 5.75 Å². The topological polar surface area (TPSA) is 77.4 Å². The molecule has 0 saturated carbocycles. The zero-order valence-electron chi connectivity index (χ0n) is 16.6. The number of unbranched alkanes of at least 4 members (excludes halogenated alkanes) is 9. The third-order valence-corrected chi connectivity index (χ3v) is 4.56. The van der Waals surface area contributed by atoms with Gasteiger partial charge in [0.25, 0.3) is 0 Å². The Bertz CT molecular complexity index is 538. The molecule has 6 heteroatoms. The number of aliphatic hydroxyl groups is 1. The van der Waals surface area contributed by atoms with Crippen molar-refractivity contribution in [3.8, 4) is 23.7 Å². The molecule has 0 radical (unpaired) electrons. The Morgan fingerprint density at radius 2 is 1.35 bits per heavy atom. The maximum atomic E-state index is 10.4. The van der Waals surface area contributed by atoms with E-state index in [-0.39, 0.29) is 35.3 Å². The summed E-state index contributed by atoms with van der Waals surface area (Å²) in [7, 11) is -4.07. The van der Waals surface area contributed by atoms with Crippen LogP contribution in [0.15, 0.2) is 0 Å². The predicted molar refractivity (Wildman–Crippen MR) is 102 cm³/mol. The quantitative estimate of drug-likeness (QED) is 0.220.